The summed E-state index contributed by atoms with van der Waals surface area (Å²) in [6.45, 7) is 4.01. The number of rotatable bonds is 3. The Kier molecular flexibility index (Phi) is 4.26. The molecule has 1 aliphatic carbocycles. The van der Waals surface area contributed by atoms with Gasteiger partial charge in [-0.05, 0) is 18.3 Å². The van der Waals surface area contributed by atoms with E-state index in [4.69, 9.17) is 10.5 Å². The van der Waals surface area contributed by atoms with Crippen molar-refractivity contribution in [3.8, 4) is 0 Å². The van der Waals surface area contributed by atoms with E-state index in [2.05, 4.69) is 0 Å². The van der Waals surface area contributed by atoms with Crippen LogP contribution in [0.25, 0.3) is 0 Å². The van der Waals surface area contributed by atoms with E-state index in [1.807, 2.05) is 20.8 Å². The van der Waals surface area contributed by atoms with Crippen molar-refractivity contribution in [2.75, 3.05) is 6.54 Å². The summed E-state index contributed by atoms with van der Waals surface area (Å²) in [5.41, 5.74) is 2.95. The maximum absolute atomic E-state index is 12.2. The van der Waals surface area contributed by atoms with Crippen LogP contribution in [0, 0.1) is 11.3 Å². The van der Waals surface area contributed by atoms with E-state index < -0.39 is 35.7 Å². The molecule has 1 rings (SSSR count). The molecule has 20 heavy (non-hydrogen) atoms. The van der Waals surface area contributed by atoms with Gasteiger partial charge in [-0.25, -0.2) is 4.79 Å². The molecule has 0 aromatic heterocycles. The molecular formula is C12H19F3N2O3. The van der Waals surface area contributed by atoms with Crippen LogP contribution in [0.15, 0.2) is 0 Å². The highest BCUT2D eigenvalue weighted by Crippen LogP contribution is 2.51. The van der Waals surface area contributed by atoms with Crippen LogP contribution in [0.3, 0.4) is 0 Å². The SMILES string of the molecule is CC(C)(C)C1CCC1(OC(N)=O)C(=O)NCC(F)(F)F. The van der Waals surface area contributed by atoms with Gasteiger partial charge in [0.1, 0.15) is 6.54 Å². The number of hydrogen-bond donors (Lipinski definition) is 2. The summed E-state index contributed by atoms with van der Waals surface area (Å²) in [6.07, 6.45) is -4.94. The van der Waals surface area contributed by atoms with Crippen LogP contribution in [0.2, 0.25) is 0 Å². The molecule has 2 atom stereocenters. The number of hydrogen-bond acceptors (Lipinski definition) is 3. The number of primary amides is 1. The molecule has 116 valence electrons. The van der Waals surface area contributed by atoms with Crippen LogP contribution in [0.5, 0.6) is 0 Å². The smallest absolute Gasteiger partial charge is 0.405 e. The van der Waals surface area contributed by atoms with Crippen LogP contribution in [0.4, 0.5) is 18.0 Å². The Hall–Kier alpha value is -1.47. The van der Waals surface area contributed by atoms with Gasteiger partial charge in [0.2, 0.25) is 0 Å². The summed E-state index contributed by atoms with van der Waals surface area (Å²) in [4.78, 5) is 23.0. The zero-order valence-corrected chi connectivity index (χ0v) is 11.6. The monoisotopic (exact) mass is 296 g/mol. The van der Waals surface area contributed by atoms with Gasteiger partial charge in [-0.3, -0.25) is 4.79 Å². The van der Waals surface area contributed by atoms with Gasteiger partial charge in [0, 0.05) is 5.92 Å². The second kappa shape index (κ2) is 5.14. The molecule has 8 heteroatoms. The van der Waals surface area contributed by atoms with Crippen molar-refractivity contribution in [3.63, 3.8) is 0 Å². The third-order valence-electron chi connectivity index (χ3n) is 3.53. The molecule has 0 saturated heterocycles. The molecule has 2 unspecified atom stereocenters. The van der Waals surface area contributed by atoms with E-state index in [0.717, 1.165) is 0 Å². The van der Waals surface area contributed by atoms with Crippen LogP contribution in [0.1, 0.15) is 33.6 Å². The van der Waals surface area contributed by atoms with Crippen LogP contribution in [-0.4, -0.2) is 30.3 Å². The van der Waals surface area contributed by atoms with Gasteiger partial charge in [0.15, 0.2) is 5.60 Å². The average molecular weight is 296 g/mol. The third kappa shape index (κ3) is 3.55. The number of carbonyl (C=O) groups excluding carboxylic acids is 2. The van der Waals surface area contributed by atoms with Gasteiger partial charge >= 0.3 is 12.3 Å². The van der Waals surface area contributed by atoms with Crippen molar-refractivity contribution in [1.29, 1.82) is 0 Å². The normalized spacial score (nSPS) is 26.6. The fourth-order valence-corrected chi connectivity index (χ4v) is 2.63. The maximum Gasteiger partial charge on any atom is 0.405 e. The quantitative estimate of drug-likeness (QED) is 0.835. The highest BCUT2D eigenvalue weighted by Gasteiger charge is 2.60. The topological polar surface area (TPSA) is 81.4 Å². The Morgan fingerprint density at radius 1 is 1.35 bits per heavy atom. The number of carbonyl (C=O) groups is 2. The zero-order chi connectivity index (χ0) is 15.8. The highest BCUT2D eigenvalue weighted by molar-refractivity contribution is 5.89. The van der Waals surface area contributed by atoms with Gasteiger partial charge in [0.25, 0.3) is 5.91 Å². The molecule has 3 N–H and O–H groups in total. The van der Waals surface area contributed by atoms with Crippen molar-refractivity contribution in [1.82, 2.24) is 5.32 Å². The standard InChI is InChI=1S/C12H19F3N2O3/c1-10(2,3)7-4-5-11(7,20-9(16)19)8(18)17-6-12(13,14)15/h7H,4-6H2,1-3H3,(H2,16,19)(H,17,18). The maximum atomic E-state index is 12.2. The molecular weight excluding hydrogens is 277 g/mol. The summed E-state index contributed by atoms with van der Waals surface area (Å²) in [6, 6.07) is 0. The van der Waals surface area contributed by atoms with Gasteiger partial charge in [-0.2, -0.15) is 13.2 Å². The van der Waals surface area contributed by atoms with Crippen LogP contribution >= 0.6 is 0 Å². The molecule has 0 spiro atoms. The minimum absolute atomic E-state index is 0.168. The largest absolute Gasteiger partial charge is 0.433 e. The van der Waals surface area contributed by atoms with E-state index in [0.29, 0.717) is 6.42 Å². The first-order valence-electron chi connectivity index (χ1n) is 6.22. The lowest BCUT2D eigenvalue weighted by molar-refractivity contribution is -0.177. The van der Waals surface area contributed by atoms with E-state index >= 15 is 0 Å². The molecule has 0 radical (unpaired) electrons. The Morgan fingerprint density at radius 3 is 2.20 bits per heavy atom. The van der Waals surface area contributed by atoms with E-state index in [1.165, 1.54) is 0 Å². The summed E-state index contributed by atoms with van der Waals surface area (Å²) in [5, 5.41) is 1.78. The first kappa shape index (κ1) is 16.6. The van der Waals surface area contributed by atoms with E-state index in [1.54, 1.807) is 5.32 Å². The molecule has 0 aromatic carbocycles. The average Bonchev–Trinajstić information content (AvgIpc) is 2.16. The second-order valence-corrected chi connectivity index (χ2v) is 6.07. The summed E-state index contributed by atoms with van der Waals surface area (Å²) in [7, 11) is 0. The predicted molar refractivity (Wildman–Crippen MR) is 64.6 cm³/mol. The fraction of sp³-hybridized carbons (Fsp3) is 0.833. The zero-order valence-electron chi connectivity index (χ0n) is 11.6. The van der Waals surface area contributed by atoms with Crippen molar-refractivity contribution < 1.29 is 27.5 Å². The molecule has 1 fully saturated rings. The molecule has 0 aromatic rings. The fourth-order valence-electron chi connectivity index (χ4n) is 2.63. The lowest BCUT2D eigenvalue weighted by Gasteiger charge is -2.52. The minimum Gasteiger partial charge on any atom is -0.433 e. The predicted octanol–water partition coefficient (Wildman–Crippen LogP) is 1.96. The molecule has 5 nitrogen and oxygen atoms in total. The van der Waals surface area contributed by atoms with Crippen molar-refractivity contribution in [2.45, 2.75) is 45.4 Å². The molecule has 1 saturated carbocycles. The Labute approximate surface area is 115 Å². The van der Waals surface area contributed by atoms with Gasteiger partial charge in [-0.1, -0.05) is 20.8 Å². The Bertz CT molecular complexity index is 404. The van der Waals surface area contributed by atoms with Crippen molar-refractivity contribution in [3.05, 3.63) is 0 Å². The van der Waals surface area contributed by atoms with Gasteiger partial charge in [-0.15, -0.1) is 0 Å². The summed E-state index contributed by atoms with van der Waals surface area (Å²) in [5.74, 6) is -1.32. The molecule has 0 heterocycles. The Balaban J connectivity index is 2.90. The molecule has 0 bridgehead atoms. The number of amides is 2. The van der Waals surface area contributed by atoms with Crippen LogP contribution < -0.4 is 11.1 Å². The second-order valence-electron chi connectivity index (χ2n) is 6.07. The molecule has 1 aliphatic rings. The van der Waals surface area contributed by atoms with E-state index in [-0.39, 0.29) is 12.3 Å². The number of ether oxygens (including phenoxy) is 1. The van der Waals surface area contributed by atoms with Crippen LogP contribution in [-0.2, 0) is 9.53 Å². The summed E-state index contributed by atoms with van der Waals surface area (Å²) < 4.78 is 41.4. The third-order valence-corrected chi connectivity index (χ3v) is 3.53. The van der Waals surface area contributed by atoms with Gasteiger partial charge in [0.05, 0.1) is 0 Å². The van der Waals surface area contributed by atoms with Crippen molar-refractivity contribution >= 4 is 12.0 Å². The molecule has 2 amide bonds. The first-order valence-corrected chi connectivity index (χ1v) is 6.22. The number of nitrogens with one attached hydrogen (secondary N) is 1. The minimum atomic E-state index is -4.52. The summed E-state index contributed by atoms with van der Waals surface area (Å²) >= 11 is 0. The Morgan fingerprint density at radius 2 is 1.90 bits per heavy atom. The molecule has 0 aliphatic heterocycles. The lowest BCUT2D eigenvalue weighted by atomic mass is 9.58. The number of halogens is 3. The number of alkyl halides is 3. The first-order chi connectivity index (χ1) is 8.88. The van der Waals surface area contributed by atoms with Crippen molar-refractivity contribution in [2.24, 2.45) is 17.1 Å². The van der Waals surface area contributed by atoms with Gasteiger partial charge < -0.3 is 15.8 Å². The lowest BCUT2D eigenvalue weighted by Crippen LogP contribution is -2.65. The van der Waals surface area contributed by atoms with E-state index in [9.17, 15) is 22.8 Å². The number of nitrogens with two attached hydrogens (primary N) is 1. The highest BCUT2D eigenvalue weighted by atomic mass is 19.4.